The molecule has 0 spiro atoms. The van der Waals surface area contributed by atoms with Crippen molar-refractivity contribution >= 4 is 12.6 Å². The fraction of sp³-hybridized carbons (Fsp3) is 0.0667. The summed E-state index contributed by atoms with van der Waals surface area (Å²) in [6.45, 7) is 0. The van der Waals surface area contributed by atoms with Crippen LogP contribution in [0.25, 0.3) is 0 Å². The summed E-state index contributed by atoms with van der Waals surface area (Å²) in [6.07, 6.45) is 1.62. The molecule has 0 amide bonds. The van der Waals surface area contributed by atoms with Gasteiger partial charge in [-0.05, 0) is 24.3 Å². The van der Waals surface area contributed by atoms with Crippen molar-refractivity contribution in [3.8, 4) is 23.8 Å². The highest BCUT2D eigenvalue weighted by Crippen LogP contribution is 2.15. The summed E-state index contributed by atoms with van der Waals surface area (Å²) in [5.74, 6) is 0.981. The van der Waals surface area contributed by atoms with Crippen molar-refractivity contribution in [3.63, 3.8) is 0 Å². The summed E-state index contributed by atoms with van der Waals surface area (Å²) in [6, 6.07) is 15.8. The number of para-hydroxylation sites is 1. The first-order valence-electron chi connectivity index (χ1n) is 6.13. The molecule has 0 aliphatic heterocycles. The molecule has 0 aliphatic rings. The van der Waals surface area contributed by atoms with Gasteiger partial charge in [0, 0.05) is 0 Å². The summed E-state index contributed by atoms with van der Waals surface area (Å²) in [5, 5.41) is 17.7. The smallest absolute Gasteiger partial charge is 0.522 e. The maximum Gasteiger partial charge on any atom is 0.646 e. The van der Waals surface area contributed by atoms with Crippen LogP contribution in [0.5, 0.6) is 11.5 Å². The van der Waals surface area contributed by atoms with Gasteiger partial charge in [0.1, 0.15) is 11.5 Å². The van der Waals surface area contributed by atoms with Gasteiger partial charge in [0.05, 0.1) is 24.2 Å². The Morgan fingerprint density at radius 2 is 1.81 bits per heavy atom. The minimum atomic E-state index is -0.944. The molecular weight excluding hydrogens is 267 g/mol. The molecule has 2 aromatic carbocycles. The van der Waals surface area contributed by atoms with Crippen LogP contribution in [0.15, 0.2) is 48.5 Å². The summed E-state index contributed by atoms with van der Waals surface area (Å²) in [4.78, 5) is 0. The maximum absolute atomic E-state index is 8.91. The first-order valence-corrected chi connectivity index (χ1v) is 6.13. The first kappa shape index (κ1) is 14.3. The fourth-order valence-corrected chi connectivity index (χ4v) is 1.80. The van der Waals surface area contributed by atoms with Gasteiger partial charge in [-0.15, -0.1) is 0 Å². The molecule has 0 fully saturated rings. The van der Waals surface area contributed by atoms with Crippen LogP contribution in [0.4, 0.5) is 0 Å². The normalized spacial score (nSPS) is 9.10. The van der Waals surface area contributed by atoms with Gasteiger partial charge in [0.25, 0.3) is 6.26 Å². The zero-order valence-electron chi connectivity index (χ0n) is 11.3. The van der Waals surface area contributed by atoms with Gasteiger partial charge >= 0.3 is 7.12 Å². The Bertz CT molecular complexity index is 692. The molecule has 2 rings (SSSR count). The van der Waals surface area contributed by atoms with Crippen molar-refractivity contribution < 1.29 is 14.0 Å². The van der Waals surface area contributed by atoms with Gasteiger partial charge in [-0.3, -0.25) is 0 Å². The summed E-state index contributed by atoms with van der Waals surface area (Å²) in [7, 11) is 0.534. The molecule has 0 aliphatic carbocycles. The molecule has 0 bridgehead atoms. The second kappa shape index (κ2) is 6.88. The molecule has 6 heteroatoms. The van der Waals surface area contributed by atoms with E-state index < -0.39 is 7.12 Å². The molecule has 0 saturated heterocycles. The summed E-state index contributed by atoms with van der Waals surface area (Å²) < 4.78 is 15.9. The van der Waals surface area contributed by atoms with E-state index in [-0.39, 0.29) is 0 Å². The van der Waals surface area contributed by atoms with Crippen molar-refractivity contribution in [2.45, 2.75) is 0 Å². The first-order chi connectivity index (χ1) is 10.3. The largest absolute Gasteiger partial charge is 0.646 e. The molecule has 102 valence electrons. The van der Waals surface area contributed by atoms with E-state index in [1.54, 1.807) is 36.6 Å². The predicted octanol–water partition coefficient (Wildman–Crippen LogP) is 1.84. The molecule has 0 heterocycles. The number of hydrogen-bond donors (Lipinski definition) is 0. The lowest BCUT2D eigenvalue weighted by molar-refractivity contribution is 0.396. The molecule has 2 aromatic rings. The topological polar surface area (TPSA) is 75.3 Å². The SMILES string of the molecule is COc1cc(C#N)ccc1B(OC#N)Oc1ccccc1. The summed E-state index contributed by atoms with van der Waals surface area (Å²) in [5.41, 5.74) is 0.980. The van der Waals surface area contributed by atoms with Crippen LogP contribution < -0.4 is 14.9 Å². The van der Waals surface area contributed by atoms with Crippen molar-refractivity contribution in [1.82, 2.24) is 0 Å². The van der Waals surface area contributed by atoms with E-state index in [0.29, 0.717) is 22.5 Å². The third-order valence-corrected chi connectivity index (χ3v) is 2.76. The maximum atomic E-state index is 8.91. The van der Waals surface area contributed by atoms with E-state index in [9.17, 15) is 0 Å². The van der Waals surface area contributed by atoms with Crippen LogP contribution in [-0.4, -0.2) is 14.2 Å². The molecule has 0 N–H and O–H groups in total. The number of rotatable bonds is 5. The molecule has 21 heavy (non-hydrogen) atoms. The fourth-order valence-electron chi connectivity index (χ4n) is 1.80. The Balaban J connectivity index is 2.34. The third kappa shape index (κ3) is 3.46. The molecule has 0 atom stereocenters. The highest BCUT2D eigenvalue weighted by atomic mass is 16.6. The Morgan fingerprint density at radius 1 is 1.05 bits per heavy atom. The van der Waals surface area contributed by atoms with Gasteiger partial charge < -0.3 is 14.0 Å². The van der Waals surface area contributed by atoms with Gasteiger partial charge in [-0.1, -0.05) is 24.3 Å². The second-order valence-electron chi connectivity index (χ2n) is 4.04. The third-order valence-electron chi connectivity index (χ3n) is 2.76. The number of nitrogens with zero attached hydrogens (tertiary/aromatic N) is 2. The molecule has 0 aromatic heterocycles. The van der Waals surface area contributed by atoms with E-state index in [0.717, 1.165) is 0 Å². The minimum absolute atomic E-state index is 0.422. The van der Waals surface area contributed by atoms with Crippen molar-refractivity contribution in [2.75, 3.05) is 7.11 Å². The molecular formula is C15H11BN2O3. The number of hydrogen-bond acceptors (Lipinski definition) is 5. The van der Waals surface area contributed by atoms with E-state index >= 15 is 0 Å². The molecule has 0 saturated carbocycles. The molecule has 5 nitrogen and oxygen atoms in total. The Labute approximate surface area is 123 Å². The lowest BCUT2D eigenvalue weighted by Crippen LogP contribution is -2.39. The van der Waals surface area contributed by atoms with Crippen molar-refractivity contribution in [1.29, 1.82) is 10.5 Å². The van der Waals surface area contributed by atoms with Gasteiger partial charge in [-0.25, -0.2) is 0 Å². The molecule has 0 unspecified atom stereocenters. The average molecular weight is 278 g/mol. The monoisotopic (exact) mass is 278 g/mol. The van der Waals surface area contributed by atoms with E-state index in [1.165, 1.54) is 7.11 Å². The van der Waals surface area contributed by atoms with Gasteiger partial charge in [0.15, 0.2) is 0 Å². The van der Waals surface area contributed by atoms with Crippen LogP contribution in [0.2, 0.25) is 0 Å². The molecule has 0 radical (unpaired) electrons. The van der Waals surface area contributed by atoms with E-state index in [1.807, 2.05) is 24.3 Å². The number of methoxy groups -OCH3 is 1. The zero-order chi connectivity index (χ0) is 15.1. The minimum Gasteiger partial charge on any atom is -0.522 e. The van der Waals surface area contributed by atoms with Crippen LogP contribution >= 0.6 is 0 Å². The van der Waals surface area contributed by atoms with Crippen molar-refractivity contribution in [3.05, 3.63) is 54.1 Å². The van der Waals surface area contributed by atoms with Crippen LogP contribution in [0, 0.1) is 22.8 Å². The van der Waals surface area contributed by atoms with E-state index in [4.69, 9.17) is 24.6 Å². The quantitative estimate of drug-likeness (QED) is 0.616. The average Bonchev–Trinajstić information content (AvgIpc) is 2.55. The Kier molecular flexibility index (Phi) is 4.68. The number of benzene rings is 2. The van der Waals surface area contributed by atoms with Crippen LogP contribution in [0.1, 0.15) is 5.56 Å². The van der Waals surface area contributed by atoms with Crippen LogP contribution in [-0.2, 0) is 4.65 Å². The van der Waals surface area contributed by atoms with Gasteiger partial charge in [0.2, 0.25) is 0 Å². The van der Waals surface area contributed by atoms with Crippen LogP contribution in [0.3, 0.4) is 0 Å². The lowest BCUT2D eigenvalue weighted by Gasteiger charge is -2.14. The Morgan fingerprint density at radius 3 is 2.43 bits per heavy atom. The second-order valence-corrected chi connectivity index (χ2v) is 4.04. The zero-order valence-corrected chi connectivity index (χ0v) is 11.3. The Hall–Kier alpha value is -3.12. The lowest BCUT2D eigenvalue weighted by atomic mass is 9.77. The van der Waals surface area contributed by atoms with Gasteiger partial charge in [-0.2, -0.15) is 10.5 Å². The van der Waals surface area contributed by atoms with Crippen molar-refractivity contribution in [2.24, 2.45) is 0 Å². The highest BCUT2D eigenvalue weighted by Gasteiger charge is 2.30. The summed E-state index contributed by atoms with van der Waals surface area (Å²) >= 11 is 0. The van der Waals surface area contributed by atoms with E-state index in [2.05, 4.69) is 0 Å². The predicted molar refractivity (Wildman–Crippen MR) is 76.9 cm³/mol. The highest BCUT2D eigenvalue weighted by molar-refractivity contribution is 6.63. The number of ether oxygens (including phenoxy) is 1. The number of nitriles is 2. The standard InChI is InChI=1S/C15H11BN2O3/c1-19-15-9-12(10-17)7-8-14(15)16(20-11-18)21-13-5-3-2-4-6-13/h2-9H,1H3.